The summed E-state index contributed by atoms with van der Waals surface area (Å²) in [5.41, 5.74) is 3.62. The summed E-state index contributed by atoms with van der Waals surface area (Å²) in [4.78, 5) is 11.3. The molecule has 0 spiro atoms. The molecule has 0 heterocycles. The molecular weight excluding hydrogens is 254 g/mol. The number of hydrogen-bond acceptors (Lipinski definition) is 3. The standard InChI is InChI=1S/C16H15NO3/c1-10-7-8-12(9-11(10)2)15(17-20)13-5-3-4-6-14(13)16(18)19/h3-9,20H,1-2H3,(H,18,19). The highest BCUT2D eigenvalue weighted by molar-refractivity contribution is 6.17. The molecule has 4 heteroatoms. The summed E-state index contributed by atoms with van der Waals surface area (Å²) < 4.78 is 0. The molecule has 0 aromatic heterocycles. The first-order chi connectivity index (χ1) is 9.54. The van der Waals surface area contributed by atoms with Gasteiger partial charge in [-0.3, -0.25) is 0 Å². The molecule has 0 aliphatic heterocycles. The van der Waals surface area contributed by atoms with E-state index in [0.29, 0.717) is 11.1 Å². The first kappa shape index (κ1) is 13.8. The van der Waals surface area contributed by atoms with Crippen molar-refractivity contribution in [3.63, 3.8) is 0 Å². The Morgan fingerprint density at radius 2 is 1.65 bits per heavy atom. The molecule has 2 aromatic rings. The zero-order valence-corrected chi connectivity index (χ0v) is 11.3. The van der Waals surface area contributed by atoms with Gasteiger partial charge >= 0.3 is 5.97 Å². The van der Waals surface area contributed by atoms with Crippen LogP contribution in [0.1, 0.15) is 32.6 Å². The predicted molar refractivity (Wildman–Crippen MR) is 76.7 cm³/mol. The topological polar surface area (TPSA) is 69.9 Å². The quantitative estimate of drug-likeness (QED) is 0.510. The number of oxime groups is 1. The van der Waals surface area contributed by atoms with Crippen LogP contribution < -0.4 is 0 Å². The lowest BCUT2D eigenvalue weighted by atomic mass is 9.95. The molecule has 0 amide bonds. The molecule has 0 saturated heterocycles. The van der Waals surface area contributed by atoms with Gasteiger partial charge in [-0.25, -0.2) is 4.79 Å². The summed E-state index contributed by atoms with van der Waals surface area (Å²) >= 11 is 0. The Morgan fingerprint density at radius 1 is 1.00 bits per heavy atom. The second-order valence-electron chi connectivity index (χ2n) is 4.60. The van der Waals surface area contributed by atoms with Gasteiger partial charge < -0.3 is 10.3 Å². The third-order valence-electron chi connectivity index (χ3n) is 3.29. The molecular formula is C16H15NO3. The van der Waals surface area contributed by atoms with Crippen molar-refractivity contribution in [1.29, 1.82) is 0 Å². The Balaban J connectivity index is 2.59. The van der Waals surface area contributed by atoms with Crippen LogP contribution in [0.4, 0.5) is 0 Å². The van der Waals surface area contributed by atoms with Crippen molar-refractivity contribution in [3.05, 3.63) is 70.3 Å². The maximum atomic E-state index is 11.3. The maximum absolute atomic E-state index is 11.3. The van der Waals surface area contributed by atoms with E-state index in [-0.39, 0.29) is 11.3 Å². The molecule has 4 nitrogen and oxygen atoms in total. The number of carbonyl (C=O) groups is 1. The number of benzene rings is 2. The molecule has 0 bridgehead atoms. The minimum absolute atomic E-state index is 0.110. The van der Waals surface area contributed by atoms with Crippen molar-refractivity contribution < 1.29 is 15.1 Å². The third kappa shape index (κ3) is 2.54. The number of carboxylic acids is 1. The average Bonchev–Trinajstić information content (AvgIpc) is 2.44. The van der Waals surface area contributed by atoms with E-state index in [1.807, 2.05) is 32.0 Å². The molecule has 0 aliphatic rings. The zero-order valence-electron chi connectivity index (χ0n) is 11.3. The molecule has 2 rings (SSSR count). The lowest BCUT2D eigenvalue weighted by molar-refractivity contribution is 0.0696. The summed E-state index contributed by atoms with van der Waals surface area (Å²) in [6.45, 7) is 3.94. The first-order valence-electron chi connectivity index (χ1n) is 6.17. The zero-order chi connectivity index (χ0) is 14.7. The normalized spacial score (nSPS) is 11.4. The van der Waals surface area contributed by atoms with Crippen LogP contribution in [0.3, 0.4) is 0 Å². The van der Waals surface area contributed by atoms with Gasteiger partial charge in [0, 0.05) is 11.1 Å². The fourth-order valence-electron chi connectivity index (χ4n) is 2.03. The molecule has 0 saturated carbocycles. The van der Waals surface area contributed by atoms with Crippen LogP contribution >= 0.6 is 0 Å². The number of nitrogens with zero attached hydrogens (tertiary/aromatic N) is 1. The van der Waals surface area contributed by atoms with Gasteiger partial charge in [0.15, 0.2) is 0 Å². The van der Waals surface area contributed by atoms with E-state index in [1.54, 1.807) is 18.2 Å². The smallest absolute Gasteiger partial charge is 0.336 e. The van der Waals surface area contributed by atoms with Crippen LogP contribution in [0.2, 0.25) is 0 Å². The molecule has 0 fully saturated rings. The summed E-state index contributed by atoms with van der Waals surface area (Å²) in [6.07, 6.45) is 0. The number of aryl methyl sites for hydroxylation is 2. The molecule has 20 heavy (non-hydrogen) atoms. The van der Waals surface area contributed by atoms with Gasteiger partial charge in [0.25, 0.3) is 0 Å². The fraction of sp³-hybridized carbons (Fsp3) is 0.125. The van der Waals surface area contributed by atoms with E-state index in [2.05, 4.69) is 5.16 Å². The third-order valence-corrected chi connectivity index (χ3v) is 3.29. The molecule has 2 N–H and O–H groups in total. The van der Waals surface area contributed by atoms with E-state index in [0.717, 1.165) is 11.1 Å². The summed E-state index contributed by atoms with van der Waals surface area (Å²) in [7, 11) is 0. The lowest BCUT2D eigenvalue weighted by Gasteiger charge is -2.10. The fourth-order valence-corrected chi connectivity index (χ4v) is 2.03. The molecule has 0 atom stereocenters. The van der Waals surface area contributed by atoms with Gasteiger partial charge in [-0.2, -0.15) is 0 Å². The summed E-state index contributed by atoms with van der Waals surface area (Å²) in [6, 6.07) is 12.1. The van der Waals surface area contributed by atoms with Crippen LogP contribution in [0.25, 0.3) is 0 Å². The van der Waals surface area contributed by atoms with Gasteiger partial charge in [-0.1, -0.05) is 35.5 Å². The number of rotatable bonds is 3. The van der Waals surface area contributed by atoms with Crippen LogP contribution in [-0.4, -0.2) is 22.0 Å². The van der Waals surface area contributed by atoms with Crippen LogP contribution in [-0.2, 0) is 0 Å². The van der Waals surface area contributed by atoms with E-state index >= 15 is 0 Å². The van der Waals surface area contributed by atoms with Crippen molar-refractivity contribution in [2.24, 2.45) is 5.16 Å². The molecule has 0 aliphatic carbocycles. The van der Waals surface area contributed by atoms with Crippen molar-refractivity contribution in [3.8, 4) is 0 Å². The van der Waals surface area contributed by atoms with Gasteiger partial charge in [0.2, 0.25) is 0 Å². The highest BCUT2D eigenvalue weighted by Gasteiger charge is 2.16. The van der Waals surface area contributed by atoms with Crippen LogP contribution in [0, 0.1) is 13.8 Å². The van der Waals surface area contributed by atoms with Crippen molar-refractivity contribution >= 4 is 11.7 Å². The SMILES string of the molecule is Cc1ccc(C(=NO)c2ccccc2C(=O)O)cc1C. The molecule has 102 valence electrons. The first-order valence-corrected chi connectivity index (χ1v) is 6.17. The Hall–Kier alpha value is -2.62. The Bertz CT molecular complexity index is 690. The Labute approximate surface area is 117 Å². The van der Waals surface area contributed by atoms with Crippen molar-refractivity contribution in [1.82, 2.24) is 0 Å². The van der Waals surface area contributed by atoms with Crippen molar-refractivity contribution in [2.75, 3.05) is 0 Å². The van der Waals surface area contributed by atoms with Gasteiger partial charge in [0.05, 0.1) is 5.56 Å². The second kappa shape index (κ2) is 5.57. The van der Waals surface area contributed by atoms with Gasteiger partial charge in [-0.15, -0.1) is 0 Å². The second-order valence-corrected chi connectivity index (χ2v) is 4.60. The minimum atomic E-state index is -1.05. The van der Waals surface area contributed by atoms with E-state index in [9.17, 15) is 15.1 Å². The molecule has 0 unspecified atom stereocenters. The minimum Gasteiger partial charge on any atom is -0.478 e. The van der Waals surface area contributed by atoms with Gasteiger partial charge in [-0.05, 0) is 37.1 Å². The largest absolute Gasteiger partial charge is 0.478 e. The number of aromatic carboxylic acids is 1. The van der Waals surface area contributed by atoms with Crippen LogP contribution in [0.5, 0.6) is 0 Å². The van der Waals surface area contributed by atoms with E-state index in [4.69, 9.17) is 0 Å². The summed E-state index contributed by atoms with van der Waals surface area (Å²) in [5, 5.41) is 21.8. The average molecular weight is 269 g/mol. The van der Waals surface area contributed by atoms with Crippen molar-refractivity contribution in [2.45, 2.75) is 13.8 Å². The monoisotopic (exact) mass is 269 g/mol. The van der Waals surface area contributed by atoms with Gasteiger partial charge in [0.1, 0.15) is 5.71 Å². The van der Waals surface area contributed by atoms with E-state index in [1.165, 1.54) is 6.07 Å². The Kier molecular flexibility index (Phi) is 3.84. The van der Waals surface area contributed by atoms with Crippen LogP contribution in [0.15, 0.2) is 47.6 Å². The summed E-state index contributed by atoms with van der Waals surface area (Å²) in [5.74, 6) is -1.05. The highest BCUT2D eigenvalue weighted by atomic mass is 16.4. The van der Waals surface area contributed by atoms with E-state index < -0.39 is 5.97 Å². The Morgan fingerprint density at radius 3 is 2.20 bits per heavy atom. The molecule has 2 aromatic carbocycles. The number of hydrogen-bond donors (Lipinski definition) is 2. The lowest BCUT2D eigenvalue weighted by Crippen LogP contribution is -2.11. The highest BCUT2D eigenvalue weighted by Crippen LogP contribution is 2.18. The molecule has 0 radical (unpaired) electrons. The maximum Gasteiger partial charge on any atom is 0.336 e. The predicted octanol–water partition coefficient (Wildman–Crippen LogP) is 3.23. The number of carboxylic acid groups (broad SMARTS) is 1.